The van der Waals surface area contributed by atoms with E-state index < -0.39 is 10.8 Å². The van der Waals surface area contributed by atoms with Gasteiger partial charge in [-0.2, -0.15) is 0 Å². The zero-order valence-electron chi connectivity index (χ0n) is 10.5. The molecule has 4 nitrogen and oxygen atoms in total. The monoisotopic (exact) mass is 288 g/mol. The van der Waals surface area contributed by atoms with Crippen molar-refractivity contribution < 1.29 is 9.00 Å². The topological polar surface area (TPSA) is 58.2 Å². The van der Waals surface area contributed by atoms with Crippen LogP contribution < -0.4 is 10.6 Å². The van der Waals surface area contributed by atoms with Crippen LogP contribution in [0, 0.1) is 6.92 Å². The Balaban J connectivity index is 2.40. The fraction of sp³-hybridized carbons (Fsp3) is 0.417. The summed E-state index contributed by atoms with van der Waals surface area (Å²) in [5, 5.41) is 6.30. The van der Waals surface area contributed by atoms with Crippen molar-refractivity contribution in [2.24, 2.45) is 0 Å². The minimum absolute atomic E-state index is 0.137. The molecule has 1 unspecified atom stereocenters. The number of benzene rings is 1. The summed E-state index contributed by atoms with van der Waals surface area (Å²) in [6, 6.07) is 5.35. The first kappa shape index (κ1) is 15.1. The summed E-state index contributed by atoms with van der Waals surface area (Å²) in [5.74, 6) is 0.408. The maximum absolute atomic E-state index is 11.6. The minimum atomic E-state index is -0.837. The van der Waals surface area contributed by atoms with Gasteiger partial charge < -0.3 is 10.6 Å². The minimum Gasteiger partial charge on any atom is -0.325 e. The third kappa shape index (κ3) is 5.62. The molecular weight excluding hydrogens is 272 g/mol. The van der Waals surface area contributed by atoms with Gasteiger partial charge >= 0.3 is 0 Å². The van der Waals surface area contributed by atoms with Crippen molar-refractivity contribution in [3.63, 3.8) is 0 Å². The van der Waals surface area contributed by atoms with Gasteiger partial charge in [-0.25, -0.2) is 0 Å². The zero-order valence-corrected chi connectivity index (χ0v) is 12.0. The van der Waals surface area contributed by atoms with Gasteiger partial charge in [-0.1, -0.05) is 17.7 Å². The Morgan fingerprint density at radius 3 is 2.83 bits per heavy atom. The molecule has 0 aliphatic rings. The van der Waals surface area contributed by atoms with E-state index in [2.05, 4.69) is 10.6 Å². The molecule has 0 radical (unpaired) electrons. The van der Waals surface area contributed by atoms with E-state index in [4.69, 9.17) is 11.6 Å². The quantitative estimate of drug-likeness (QED) is 0.781. The molecule has 1 aromatic carbocycles. The summed E-state index contributed by atoms with van der Waals surface area (Å²) in [6.07, 6.45) is 1.64. The number of hydrogen-bond donors (Lipinski definition) is 2. The number of anilines is 1. The van der Waals surface area contributed by atoms with Gasteiger partial charge in [0.2, 0.25) is 5.91 Å². The van der Waals surface area contributed by atoms with Crippen LogP contribution in [-0.4, -0.2) is 35.2 Å². The van der Waals surface area contributed by atoms with E-state index in [9.17, 15) is 9.00 Å². The third-order valence-electron chi connectivity index (χ3n) is 2.33. The highest BCUT2D eigenvalue weighted by atomic mass is 35.5. The third-order valence-corrected chi connectivity index (χ3v) is 3.34. The number of carbonyl (C=O) groups excluding carboxylic acids is 1. The largest absolute Gasteiger partial charge is 0.325 e. The van der Waals surface area contributed by atoms with Crippen molar-refractivity contribution in [2.45, 2.75) is 6.92 Å². The van der Waals surface area contributed by atoms with Crippen molar-refractivity contribution >= 4 is 34.0 Å². The van der Waals surface area contributed by atoms with Gasteiger partial charge in [0.05, 0.1) is 6.54 Å². The summed E-state index contributed by atoms with van der Waals surface area (Å²) in [5.41, 5.74) is 1.68. The Morgan fingerprint density at radius 2 is 2.17 bits per heavy atom. The lowest BCUT2D eigenvalue weighted by Gasteiger charge is -2.09. The van der Waals surface area contributed by atoms with Crippen molar-refractivity contribution in [1.29, 1.82) is 0 Å². The highest BCUT2D eigenvalue weighted by Crippen LogP contribution is 2.19. The lowest BCUT2D eigenvalue weighted by Crippen LogP contribution is -2.30. The Bertz CT molecular complexity index is 452. The van der Waals surface area contributed by atoms with Gasteiger partial charge in [0.15, 0.2) is 0 Å². The van der Waals surface area contributed by atoms with Gasteiger partial charge in [0, 0.05) is 40.1 Å². The van der Waals surface area contributed by atoms with Crippen LogP contribution >= 0.6 is 11.6 Å². The second-order valence-corrected chi connectivity index (χ2v) is 5.95. The fourth-order valence-corrected chi connectivity index (χ4v) is 1.95. The van der Waals surface area contributed by atoms with E-state index in [1.807, 2.05) is 13.0 Å². The predicted octanol–water partition coefficient (Wildman–Crippen LogP) is 1.56. The lowest BCUT2D eigenvalue weighted by molar-refractivity contribution is -0.115. The van der Waals surface area contributed by atoms with Crippen LogP contribution in [0.3, 0.4) is 0 Å². The number of carbonyl (C=O) groups is 1. The van der Waals surface area contributed by atoms with Crippen molar-refractivity contribution in [1.82, 2.24) is 5.32 Å². The van der Waals surface area contributed by atoms with Crippen LogP contribution in [0.15, 0.2) is 18.2 Å². The SMILES string of the molecule is Cc1ccc(Cl)cc1NC(=O)CNCCS(C)=O. The predicted molar refractivity (Wildman–Crippen MR) is 76.6 cm³/mol. The molecule has 0 saturated heterocycles. The Hall–Kier alpha value is -0.910. The van der Waals surface area contributed by atoms with Gasteiger partial charge in [-0.3, -0.25) is 9.00 Å². The second kappa shape index (κ2) is 7.51. The highest BCUT2D eigenvalue weighted by molar-refractivity contribution is 7.84. The molecule has 0 bridgehead atoms. The van der Waals surface area contributed by atoms with Crippen LogP contribution in [-0.2, 0) is 15.6 Å². The summed E-state index contributed by atoms with van der Waals surface area (Å²) >= 11 is 5.86. The molecule has 6 heteroatoms. The van der Waals surface area contributed by atoms with E-state index in [0.29, 0.717) is 23.0 Å². The van der Waals surface area contributed by atoms with E-state index in [1.165, 1.54) is 0 Å². The van der Waals surface area contributed by atoms with Gasteiger partial charge in [-0.05, 0) is 24.6 Å². The number of aryl methyl sites for hydroxylation is 1. The first-order valence-corrected chi connectivity index (χ1v) is 7.66. The van der Waals surface area contributed by atoms with Crippen molar-refractivity contribution in [3.05, 3.63) is 28.8 Å². The van der Waals surface area contributed by atoms with Gasteiger partial charge in [-0.15, -0.1) is 0 Å². The summed E-state index contributed by atoms with van der Waals surface area (Å²) in [6.45, 7) is 2.66. The molecule has 1 aromatic rings. The molecule has 1 rings (SSSR count). The molecule has 0 aliphatic carbocycles. The van der Waals surface area contributed by atoms with E-state index in [-0.39, 0.29) is 12.5 Å². The highest BCUT2D eigenvalue weighted by Gasteiger charge is 2.05. The average Bonchev–Trinajstić information content (AvgIpc) is 2.29. The number of nitrogens with one attached hydrogen (secondary N) is 2. The molecule has 0 fully saturated rings. The standard InChI is InChI=1S/C12H17ClN2O2S/c1-9-3-4-10(13)7-11(9)15-12(16)8-14-5-6-18(2)17/h3-4,7,14H,5-6,8H2,1-2H3,(H,15,16). The zero-order chi connectivity index (χ0) is 13.5. The van der Waals surface area contributed by atoms with E-state index >= 15 is 0 Å². The van der Waals surface area contributed by atoms with Crippen molar-refractivity contribution in [2.75, 3.05) is 30.4 Å². The summed E-state index contributed by atoms with van der Waals surface area (Å²) < 4.78 is 10.8. The molecule has 1 atom stereocenters. The van der Waals surface area contributed by atoms with Crippen LogP contribution in [0.1, 0.15) is 5.56 Å². The van der Waals surface area contributed by atoms with Crippen LogP contribution in [0.2, 0.25) is 5.02 Å². The Morgan fingerprint density at radius 1 is 1.44 bits per heavy atom. The molecule has 0 aromatic heterocycles. The summed E-state index contributed by atoms with van der Waals surface area (Å²) in [4.78, 5) is 11.6. The van der Waals surface area contributed by atoms with Crippen molar-refractivity contribution in [3.8, 4) is 0 Å². The van der Waals surface area contributed by atoms with E-state index in [0.717, 1.165) is 5.56 Å². The van der Waals surface area contributed by atoms with Crippen LogP contribution in [0.25, 0.3) is 0 Å². The smallest absolute Gasteiger partial charge is 0.238 e. The molecule has 18 heavy (non-hydrogen) atoms. The Labute approximate surface area is 115 Å². The molecule has 0 spiro atoms. The first-order valence-electron chi connectivity index (χ1n) is 5.56. The number of hydrogen-bond acceptors (Lipinski definition) is 3. The van der Waals surface area contributed by atoms with E-state index in [1.54, 1.807) is 18.4 Å². The molecular formula is C12H17ClN2O2S. The molecule has 0 aliphatic heterocycles. The molecule has 1 amide bonds. The lowest BCUT2D eigenvalue weighted by atomic mass is 10.2. The Kier molecular flexibility index (Phi) is 6.32. The van der Waals surface area contributed by atoms with Gasteiger partial charge in [0.25, 0.3) is 0 Å². The molecule has 0 heterocycles. The molecule has 0 saturated carbocycles. The number of amides is 1. The first-order chi connectivity index (χ1) is 8.49. The number of halogens is 1. The molecule has 100 valence electrons. The van der Waals surface area contributed by atoms with Crippen LogP contribution in [0.4, 0.5) is 5.69 Å². The second-order valence-electron chi connectivity index (χ2n) is 3.96. The van der Waals surface area contributed by atoms with Crippen LogP contribution in [0.5, 0.6) is 0 Å². The molecule has 2 N–H and O–H groups in total. The van der Waals surface area contributed by atoms with Gasteiger partial charge in [0.1, 0.15) is 0 Å². The summed E-state index contributed by atoms with van der Waals surface area (Å²) in [7, 11) is -0.837. The maximum Gasteiger partial charge on any atom is 0.238 e. The fourth-order valence-electron chi connectivity index (χ4n) is 1.34. The normalized spacial score (nSPS) is 12.2. The number of rotatable bonds is 6. The maximum atomic E-state index is 11.6. The average molecular weight is 289 g/mol.